The fraction of sp³-hybridized carbons (Fsp3) is 0.333. The van der Waals surface area contributed by atoms with Crippen LogP contribution in [0.2, 0.25) is 0 Å². The smallest absolute Gasteiger partial charge is 0.0446 e. The standard InChI is InChI=1S/C3H7N3O/c1-3-2-4-6(7)5-3/h2,4-5,7H,1H3. The van der Waals surface area contributed by atoms with Gasteiger partial charge < -0.3 is 0 Å². The molecule has 40 valence electrons. The first-order valence-corrected chi connectivity index (χ1v) is 1.97. The Kier molecular flexibility index (Phi) is 0.883. The van der Waals surface area contributed by atoms with Gasteiger partial charge in [-0.2, -0.15) is 0 Å². The second kappa shape index (κ2) is 1.40. The number of hydrogen-bond acceptors (Lipinski definition) is 4. The highest BCUT2D eigenvalue weighted by Crippen LogP contribution is 1.89. The molecule has 1 aliphatic rings. The Hall–Kier alpha value is -0.740. The number of hydrogen-bond donors (Lipinski definition) is 3. The van der Waals surface area contributed by atoms with E-state index in [-0.39, 0.29) is 0 Å². The SMILES string of the molecule is CC1=CNN(O)N1. The van der Waals surface area contributed by atoms with Crippen LogP contribution < -0.4 is 10.9 Å². The molecule has 0 aliphatic carbocycles. The summed E-state index contributed by atoms with van der Waals surface area (Å²) in [5, 5.41) is 9.25. The lowest BCUT2D eigenvalue weighted by molar-refractivity contribution is -0.148. The largest absolute Gasteiger partial charge is 0.283 e. The van der Waals surface area contributed by atoms with Crippen molar-refractivity contribution in [3.63, 3.8) is 0 Å². The number of nitrogens with one attached hydrogen (secondary N) is 2. The Morgan fingerprint density at radius 2 is 2.57 bits per heavy atom. The molecule has 0 fully saturated rings. The molecule has 7 heavy (non-hydrogen) atoms. The van der Waals surface area contributed by atoms with E-state index in [1.165, 1.54) is 0 Å². The van der Waals surface area contributed by atoms with Gasteiger partial charge in [0, 0.05) is 11.9 Å². The number of rotatable bonds is 0. The Labute approximate surface area is 41.3 Å². The maximum Gasteiger partial charge on any atom is 0.0446 e. The highest BCUT2D eigenvalue weighted by atomic mass is 16.6. The van der Waals surface area contributed by atoms with Gasteiger partial charge in [-0.3, -0.25) is 16.1 Å². The van der Waals surface area contributed by atoms with E-state index in [2.05, 4.69) is 10.9 Å². The van der Waals surface area contributed by atoms with Crippen LogP contribution in [0.4, 0.5) is 0 Å². The zero-order valence-electron chi connectivity index (χ0n) is 3.97. The summed E-state index contributed by atoms with van der Waals surface area (Å²) in [6.45, 7) is 1.84. The van der Waals surface area contributed by atoms with Gasteiger partial charge in [0.1, 0.15) is 0 Å². The molecule has 3 N–H and O–H groups in total. The summed E-state index contributed by atoms with van der Waals surface area (Å²) in [4.78, 5) is 0. The maximum atomic E-state index is 8.46. The molecule has 0 aromatic carbocycles. The fourth-order valence-corrected chi connectivity index (χ4v) is 0.390. The molecule has 4 nitrogen and oxygen atoms in total. The molecule has 0 aromatic heterocycles. The minimum absolute atomic E-state index is 0.787. The molecule has 0 bridgehead atoms. The molecule has 4 heteroatoms. The van der Waals surface area contributed by atoms with Crippen LogP contribution in [0.1, 0.15) is 6.92 Å². The Bertz CT molecular complexity index is 100. The predicted molar refractivity (Wildman–Crippen MR) is 23.7 cm³/mol. The van der Waals surface area contributed by atoms with Crippen LogP contribution in [-0.4, -0.2) is 10.5 Å². The first-order valence-electron chi connectivity index (χ1n) is 1.97. The van der Waals surface area contributed by atoms with E-state index in [1.807, 2.05) is 6.92 Å². The summed E-state index contributed by atoms with van der Waals surface area (Å²) >= 11 is 0. The minimum Gasteiger partial charge on any atom is -0.283 e. The third kappa shape index (κ3) is 0.819. The zero-order valence-corrected chi connectivity index (χ0v) is 3.97. The van der Waals surface area contributed by atoms with E-state index in [0.29, 0.717) is 0 Å². The summed E-state index contributed by atoms with van der Waals surface area (Å²) in [6.07, 6.45) is 1.65. The topological polar surface area (TPSA) is 47.5 Å². The van der Waals surface area contributed by atoms with Crippen LogP contribution in [0.5, 0.6) is 0 Å². The fourth-order valence-electron chi connectivity index (χ4n) is 0.390. The second-order valence-corrected chi connectivity index (χ2v) is 1.38. The summed E-state index contributed by atoms with van der Waals surface area (Å²) in [7, 11) is 0. The van der Waals surface area contributed by atoms with Crippen LogP contribution in [0.15, 0.2) is 11.9 Å². The third-order valence-electron chi connectivity index (χ3n) is 0.686. The van der Waals surface area contributed by atoms with Gasteiger partial charge in [-0.05, 0) is 12.2 Å². The van der Waals surface area contributed by atoms with E-state index < -0.39 is 0 Å². The Morgan fingerprint density at radius 1 is 1.86 bits per heavy atom. The van der Waals surface area contributed by atoms with Gasteiger partial charge in [-0.25, -0.2) is 0 Å². The van der Waals surface area contributed by atoms with Gasteiger partial charge in [0.15, 0.2) is 0 Å². The molecule has 1 aliphatic heterocycles. The Balaban J connectivity index is 2.42. The lowest BCUT2D eigenvalue weighted by Crippen LogP contribution is -2.34. The minimum atomic E-state index is 0.787. The van der Waals surface area contributed by atoms with Crippen molar-refractivity contribution >= 4 is 0 Å². The average Bonchev–Trinajstić information content (AvgIpc) is 1.87. The predicted octanol–water partition coefficient (Wildman–Crippen LogP) is -0.438. The lowest BCUT2D eigenvalue weighted by atomic mass is 10.6. The van der Waals surface area contributed by atoms with Crippen LogP contribution in [-0.2, 0) is 0 Å². The van der Waals surface area contributed by atoms with Crippen molar-refractivity contribution in [1.82, 2.24) is 16.1 Å². The van der Waals surface area contributed by atoms with Crippen LogP contribution >= 0.6 is 0 Å². The maximum absolute atomic E-state index is 8.46. The zero-order chi connectivity index (χ0) is 5.28. The summed E-state index contributed by atoms with van der Waals surface area (Å²) < 4.78 is 0. The van der Waals surface area contributed by atoms with E-state index in [0.717, 1.165) is 11.0 Å². The van der Waals surface area contributed by atoms with Crippen molar-refractivity contribution < 1.29 is 5.21 Å². The van der Waals surface area contributed by atoms with E-state index in [4.69, 9.17) is 5.21 Å². The monoisotopic (exact) mass is 101 g/mol. The molecule has 0 spiro atoms. The number of allylic oxidation sites excluding steroid dienone is 1. The third-order valence-corrected chi connectivity index (χ3v) is 0.686. The average molecular weight is 101 g/mol. The number of nitrogens with zero attached hydrogens (tertiary/aromatic N) is 1. The quantitative estimate of drug-likeness (QED) is 0.387. The second-order valence-electron chi connectivity index (χ2n) is 1.38. The molecule has 1 heterocycles. The molecule has 0 amide bonds. The van der Waals surface area contributed by atoms with Crippen molar-refractivity contribution in [1.29, 1.82) is 0 Å². The van der Waals surface area contributed by atoms with Crippen molar-refractivity contribution in [2.24, 2.45) is 0 Å². The normalized spacial score (nSPS) is 20.6. The number of hydrazine groups is 2. The summed E-state index contributed by atoms with van der Waals surface area (Å²) in [5.41, 5.74) is 5.93. The van der Waals surface area contributed by atoms with Gasteiger partial charge in [0.25, 0.3) is 0 Å². The van der Waals surface area contributed by atoms with E-state index >= 15 is 0 Å². The van der Waals surface area contributed by atoms with Gasteiger partial charge in [0.2, 0.25) is 0 Å². The summed E-state index contributed by atoms with van der Waals surface area (Å²) in [5.74, 6) is 0. The van der Waals surface area contributed by atoms with E-state index in [1.54, 1.807) is 6.20 Å². The lowest BCUT2D eigenvalue weighted by Gasteiger charge is -2.05. The van der Waals surface area contributed by atoms with Gasteiger partial charge in [0.05, 0.1) is 0 Å². The van der Waals surface area contributed by atoms with Crippen LogP contribution in [0.3, 0.4) is 0 Å². The molecule has 0 saturated carbocycles. The molecule has 1 rings (SSSR count). The highest BCUT2D eigenvalue weighted by molar-refractivity contribution is 4.94. The molecule has 0 atom stereocenters. The first-order chi connectivity index (χ1) is 3.29. The molecule has 0 unspecified atom stereocenters. The molecule has 0 aromatic rings. The summed E-state index contributed by atoms with van der Waals surface area (Å²) in [6, 6.07) is 0. The van der Waals surface area contributed by atoms with Gasteiger partial charge >= 0.3 is 0 Å². The van der Waals surface area contributed by atoms with Crippen molar-refractivity contribution in [2.75, 3.05) is 0 Å². The Morgan fingerprint density at radius 3 is 2.71 bits per heavy atom. The van der Waals surface area contributed by atoms with Crippen molar-refractivity contribution in [3.8, 4) is 0 Å². The van der Waals surface area contributed by atoms with Gasteiger partial charge in [-0.15, -0.1) is 0 Å². The van der Waals surface area contributed by atoms with Crippen molar-refractivity contribution in [3.05, 3.63) is 11.9 Å². The highest BCUT2D eigenvalue weighted by Gasteiger charge is 2.01. The van der Waals surface area contributed by atoms with Crippen molar-refractivity contribution in [2.45, 2.75) is 6.92 Å². The van der Waals surface area contributed by atoms with E-state index in [9.17, 15) is 0 Å². The molecule has 0 radical (unpaired) electrons. The molecule has 0 saturated heterocycles. The molecular weight excluding hydrogens is 94.1 g/mol. The first kappa shape index (κ1) is 4.42. The van der Waals surface area contributed by atoms with Crippen LogP contribution in [0, 0.1) is 0 Å². The molecular formula is C3H7N3O. The van der Waals surface area contributed by atoms with Crippen LogP contribution in [0.25, 0.3) is 0 Å². The van der Waals surface area contributed by atoms with Gasteiger partial charge in [-0.1, -0.05) is 0 Å².